The van der Waals surface area contributed by atoms with Gasteiger partial charge in [0.2, 0.25) is 0 Å². The minimum Gasteiger partial charge on any atom is -0.465 e. The summed E-state index contributed by atoms with van der Waals surface area (Å²) in [5.74, 6) is -0.791. The van der Waals surface area contributed by atoms with Crippen LogP contribution >= 0.6 is 11.6 Å². The summed E-state index contributed by atoms with van der Waals surface area (Å²) >= 11 is 6.05. The summed E-state index contributed by atoms with van der Waals surface area (Å²) < 4.78 is 6.36. The number of aryl methyl sites for hydroxylation is 1. The van der Waals surface area contributed by atoms with Crippen molar-refractivity contribution in [2.45, 2.75) is 13.3 Å². The fourth-order valence-corrected chi connectivity index (χ4v) is 2.75. The van der Waals surface area contributed by atoms with E-state index in [2.05, 4.69) is 10.3 Å². The maximum atomic E-state index is 12.8. The van der Waals surface area contributed by atoms with E-state index < -0.39 is 5.97 Å². The Labute approximate surface area is 149 Å². The maximum Gasteiger partial charge on any atom is 0.337 e. The number of rotatable bonds is 4. The number of halogens is 1. The number of fused-ring (bicyclic) bond motifs is 1. The summed E-state index contributed by atoms with van der Waals surface area (Å²) in [6.45, 7) is 1.93. The number of benzene rings is 1. The van der Waals surface area contributed by atoms with E-state index in [0.29, 0.717) is 39.7 Å². The molecule has 0 fully saturated rings. The molecule has 25 heavy (non-hydrogen) atoms. The van der Waals surface area contributed by atoms with Crippen molar-refractivity contribution in [2.75, 3.05) is 12.4 Å². The molecule has 0 aliphatic heterocycles. The quantitative estimate of drug-likeness (QED) is 0.724. The standard InChI is InChI=1S/C18H16ClN3O3/c1-3-14-16(22-10-12(19)7-8-15(22)21-14)17(23)20-13-6-4-5-11(9-13)18(24)25-2/h4-10H,3H2,1-2H3,(H,20,23). The minimum absolute atomic E-state index is 0.325. The van der Waals surface area contributed by atoms with Gasteiger partial charge in [-0.25, -0.2) is 9.78 Å². The van der Waals surface area contributed by atoms with Crippen molar-refractivity contribution in [2.24, 2.45) is 0 Å². The lowest BCUT2D eigenvalue weighted by atomic mass is 10.2. The molecule has 2 heterocycles. The monoisotopic (exact) mass is 357 g/mol. The lowest BCUT2D eigenvalue weighted by Gasteiger charge is -2.08. The molecular weight excluding hydrogens is 342 g/mol. The molecule has 3 rings (SSSR count). The van der Waals surface area contributed by atoms with Gasteiger partial charge >= 0.3 is 5.97 Å². The van der Waals surface area contributed by atoms with Crippen molar-refractivity contribution >= 4 is 34.8 Å². The normalized spacial score (nSPS) is 10.7. The number of esters is 1. The van der Waals surface area contributed by atoms with E-state index in [1.54, 1.807) is 47.0 Å². The number of carbonyl (C=O) groups excluding carboxylic acids is 2. The fourth-order valence-electron chi connectivity index (χ4n) is 2.59. The first-order chi connectivity index (χ1) is 12.0. The summed E-state index contributed by atoms with van der Waals surface area (Å²) in [6.07, 6.45) is 2.26. The average molecular weight is 358 g/mol. The average Bonchev–Trinajstić information content (AvgIpc) is 2.99. The first kappa shape index (κ1) is 17.0. The molecule has 0 saturated carbocycles. The number of methoxy groups -OCH3 is 1. The largest absolute Gasteiger partial charge is 0.465 e. The molecule has 0 aliphatic rings. The minimum atomic E-state index is -0.466. The van der Waals surface area contributed by atoms with Gasteiger partial charge in [0.1, 0.15) is 11.3 Å². The highest BCUT2D eigenvalue weighted by Gasteiger charge is 2.19. The van der Waals surface area contributed by atoms with Crippen LogP contribution < -0.4 is 5.32 Å². The predicted octanol–water partition coefficient (Wildman–Crippen LogP) is 3.59. The third kappa shape index (κ3) is 3.34. The smallest absolute Gasteiger partial charge is 0.337 e. The molecule has 0 bridgehead atoms. The van der Waals surface area contributed by atoms with Crippen molar-refractivity contribution in [3.63, 3.8) is 0 Å². The Bertz CT molecular complexity index is 965. The molecule has 1 aromatic carbocycles. The Morgan fingerprint density at radius 1 is 1.28 bits per heavy atom. The molecule has 0 atom stereocenters. The molecule has 0 radical (unpaired) electrons. The summed E-state index contributed by atoms with van der Waals surface area (Å²) in [5, 5.41) is 3.31. The van der Waals surface area contributed by atoms with Crippen LogP contribution in [0.2, 0.25) is 5.02 Å². The van der Waals surface area contributed by atoms with Gasteiger partial charge in [0.15, 0.2) is 0 Å². The third-order valence-electron chi connectivity index (χ3n) is 3.75. The molecule has 128 valence electrons. The van der Waals surface area contributed by atoms with Gasteiger partial charge in [0.05, 0.1) is 23.4 Å². The van der Waals surface area contributed by atoms with Crippen LogP contribution in [0.5, 0.6) is 0 Å². The predicted molar refractivity (Wildman–Crippen MR) is 95.3 cm³/mol. The van der Waals surface area contributed by atoms with Gasteiger partial charge in [-0.1, -0.05) is 24.6 Å². The van der Waals surface area contributed by atoms with Crippen molar-refractivity contribution in [1.82, 2.24) is 9.38 Å². The van der Waals surface area contributed by atoms with Gasteiger partial charge in [0.25, 0.3) is 5.91 Å². The van der Waals surface area contributed by atoms with Crippen molar-refractivity contribution < 1.29 is 14.3 Å². The zero-order valence-electron chi connectivity index (χ0n) is 13.7. The van der Waals surface area contributed by atoms with Crippen molar-refractivity contribution in [1.29, 1.82) is 0 Å². The molecule has 6 nitrogen and oxygen atoms in total. The first-order valence-electron chi connectivity index (χ1n) is 7.69. The van der Waals surface area contributed by atoms with E-state index in [1.807, 2.05) is 6.92 Å². The van der Waals surface area contributed by atoms with Crippen molar-refractivity contribution in [3.05, 3.63) is 64.6 Å². The molecule has 1 N–H and O–H groups in total. The number of ether oxygens (including phenoxy) is 1. The van der Waals surface area contributed by atoms with Crippen LogP contribution in [0.1, 0.15) is 33.5 Å². The molecule has 0 unspecified atom stereocenters. The van der Waals surface area contributed by atoms with Crippen LogP contribution in [0, 0.1) is 0 Å². The molecule has 0 spiro atoms. The molecule has 2 aromatic heterocycles. The van der Waals surface area contributed by atoms with E-state index in [1.165, 1.54) is 7.11 Å². The highest BCUT2D eigenvalue weighted by molar-refractivity contribution is 6.30. The second-order valence-corrected chi connectivity index (χ2v) is 5.80. The van der Waals surface area contributed by atoms with E-state index in [-0.39, 0.29) is 5.91 Å². The van der Waals surface area contributed by atoms with Crippen LogP contribution in [0.3, 0.4) is 0 Å². The highest BCUT2D eigenvalue weighted by Crippen LogP contribution is 2.19. The number of hydrogen-bond donors (Lipinski definition) is 1. The summed E-state index contributed by atoms with van der Waals surface area (Å²) in [6, 6.07) is 10.0. The van der Waals surface area contributed by atoms with Gasteiger partial charge in [-0.3, -0.25) is 9.20 Å². The number of nitrogens with one attached hydrogen (secondary N) is 1. The van der Waals surface area contributed by atoms with Gasteiger partial charge in [-0.2, -0.15) is 0 Å². The van der Waals surface area contributed by atoms with E-state index in [9.17, 15) is 9.59 Å². The van der Waals surface area contributed by atoms with E-state index in [4.69, 9.17) is 16.3 Å². The van der Waals surface area contributed by atoms with E-state index >= 15 is 0 Å². The van der Waals surface area contributed by atoms with Crippen LogP contribution in [0.4, 0.5) is 5.69 Å². The molecular formula is C18H16ClN3O3. The Balaban J connectivity index is 1.98. The van der Waals surface area contributed by atoms with Crippen LogP contribution in [-0.2, 0) is 11.2 Å². The van der Waals surface area contributed by atoms with Gasteiger partial charge in [-0.15, -0.1) is 0 Å². The molecule has 0 aliphatic carbocycles. The Hall–Kier alpha value is -2.86. The maximum absolute atomic E-state index is 12.8. The van der Waals surface area contributed by atoms with Gasteiger partial charge in [0, 0.05) is 11.9 Å². The number of anilines is 1. The first-order valence-corrected chi connectivity index (χ1v) is 8.07. The summed E-state index contributed by atoms with van der Waals surface area (Å²) in [4.78, 5) is 28.9. The molecule has 3 aromatic rings. The summed E-state index contributed by atoms with van der Waals surface area (Å²) in [7, 11) is 1.31. The lowest BCUT2D eigenvalue weighted by Crippen LogP contribution is -2.16. The second-order valence-electron chi connectivity index (χ2n) is 5.36. The summed E-state index contributed by atoms with van der Waals surface area (Å²) in [5.41, 5.74) is 2.59. The van der Waals surface area contributed by atoms with Crippen LogP contribution in [-0.4, -0.2) is 28.4 Å². The number of imidazole rings is 1. The van der Waals surface area contributed by atoms with Crippen LogP contribution in [0.15, 0.2) is 42.6 Å². The fraction of sp³-hybridized carbons (Fsp3) is 0.167. The lowest BCUT2D eigenvalue weighted by molar-refractivity contribution is 0.0600. The van der Waals surface area contributed by atoms with E-state index in [0.717, 1.165) is 0 Å². The Kier molecular flexibility index (Phi) is 4.72. The SMILES string of the molecule is CCc1nc2ccc(Cl)cn2c1C(=O)Nc1cccc(C(=O)OC)c1. The number of aromatic nitrogens is 2. The number of carbonyl (C=O) groups is 2. The highest BCUT2D eigenvalue weighted by atomic mass is 35.5. The second kappa shape index (κ2) is 6.94. The van der Waals surface area contributed by atoms with Gasteiger partial charge in [-0.05, 0) is 36.8 Å². The number of nitrogens with zero attached hydrogens (tertiary/aromatic N) is 2. The van der Waals surface area contributed by atoms with Crippen molar-refractivity contribution in [3.8, 4) is 0 Å². The number of hydrogen-bond acceptors (Lipinski definition) is 4. The Morgan fingerprint density at radius 2 is 2.08 bits per heavy atom. The zero-order valence-corrected chi connectivity index (χ0v) is 14.5. The molecule has 1 amide bonds. The third-order valence-corrected chi connectivity index (χ3v) is 3.97. The zero-order chi connectivity index (χ0) is 18.0. The Morgan fingerprint density at radius 3 is 2.80 bits per heavy atom. The van der Waals surface area contributed by atoms with Crippen LogP contribution in [0.25, 0.3) is 5.65 Å². The molecule has 0 saturated heterocycles. The molecule has 7 heteroatoms. The number of amides is 1. The topological polar surface area (TPSA) is 72.7 Å². The van der Waals surface area contributed by atoms with Gasteiger partial charge < -0.3 is 10.1 Å². The number of pyridine rings is 1.